The molecule has 0 spiro atoms. The van der Waals surface area contributed by atoms with Gasteiger partial charge in [0.15, 0.2) is 0 Å². The molecule has 0 radical (unpaired) electrons. The fraction of sp³-hybridized carbons (Fsp3) is 0.800. The van der Waals surface area contributed by atoms with E-state index in [0.29, 0.717) is 6.54 Å². The topological polar surface area (TPSA) is 61.4 Å². The van der Waals surface area contributed by atoms with Gasteiger partial charge in [0.2, 0.25) is 5.91 Å². The van der Waals surface area contributed by atoms with E-state index in [1.165, 1.54) is 12.0 Å². The van der Waals surface area contributed by atoms with Gasteiger partial charge in [-0.05, 0) is 44.1 Å². The third kappa shape index (κ3) is 3.57. The lowest BCUT2D eigenvalue weighted by Gasteiger charge is -2.36. The van der Waals surface area contributed by atoms with Crippen LogP contribution in [-0.4, -0.2) is 36.2 Å². The predicted molar refractivity (Wildman–Crippen MR) is 75.8 cm³/mol. The van der Waals surface area contributed by atoms with Gasteiger partial charge in [-0.25, -0.2) is 0 Å². The van der Waals surface area contributed by atoms with E-state index in [1.807, 2.05) is 6.92 Å². The lowest BCUT2D eigenvalue weighted by Crippen LogP contribution is -2.46. The van der Waals surface area contributed by atoms with E-state index in [9.17, 15) is 9.90 Å². The van der Waals surface area contributed by atoms with Crippen LogP contribution in [0.3, 0.4) is 0 Å². The molecule has 0 aromatic heterocycles. The van der Waals surface area contributed by atoms with Gasteiger partial charge in [-0.3, -0.25) is 4.79 Å². The fourth-order valence-corrected chi connectivity index (χ4v) is 2.85. The second kappa shape index (κ2) is 6.06. The highest BCUT2D eigenvalue weighted by atomic mass is 16.3. The number of amides is 1. The number of hydrogen-bond acceptors (Lipinski definition) is 3. The molecule has 0 aromatic carbocycles. The number of aliphatic hydroxyl groups is 1. The third-order valence-corrected chi connectivity index (χ3v) is 4.74. The fourth-order valence-electron chi connectivity index (χ4n) is 2.85. The maximum atomic E-state index is 12.0. The summed E-state index contributed by atoms with van der Waals surface area (Å²) in [6.45, 7) is 6.10. The smallest absolute Gasteiger partial charge is 0.247 e. The minimum Gasteiger partial charge on any atom is -0.388 e. The number of rotatable bonds is 4. The molecule has 0 atom stereocenters. The van der Waals surface area contributed by atoms with Crippen LogP contribution in [-0.2, 0) is 4.79 Å². The van der Waals surface area contributed by atoms with Crippen LogP contribution < -0.4 is 10.6 Å². The molecular weight excluding hydrogens is 240 g/mol. The summed E-state index contributed by atoms with van der Waals surface area (Å²) in [6.07, 6.45) is 4.96. The van der Waals surface area contributed by atoms with Crippen molar-refractivity contribution in [3.8, 4) is 0 Å². The van der Waals surface area contributed by atoms with Crippen LogP contribution in [0.15, 0.2) is 11.1 Å². The summed E-state index contributed by atoms with van der Waals surface area (Å²) in [7, 11) is 0. The maximum absolute atomic E-state index is 12.0. The van der Waals surface area contributed by atoms with Gasteiger partial charge in [0.25, 0.3) is 0 Å². The minimum absolute atomic E-state index is 0.0254. The van der Waals surface area contributed by atoms with Crippen molar-refractivity contribution in [2.45, 2.75) is 51.6 Å². The molecule has 108 valence electrons. The summed E-state index contributed by atoms with van der Waals surface area (Å²) >= 11 is 0. The number of carbonyl (C=O) groups excluding carboxylic acids is 1. The molecule has 2 rings (SSSR count). The Hall–Kier alpha value is -0.870. The summed E-state index contributed by atoms with van der Waals surface area (Å²) in [6, 6.07) is 0. The van der Waals surface area contributed by atoms with Crippen LogP contribution >= 0.6 is 0 Å². The van der Waals surface area contributed by atoms with Crippen molar-refractivity contribution in [3.05, 3.63) is 11.1 Å². The average Bonchev–Trinajstić information content (AvgIpc) is 2.35. The maximum Gasteiger partial charge on any atom is 0.247 e. The normalized spacial score (nSPS) is 30.7. The zero-order chi connectivity index (χ0) is 13.9. The lowest BCUT2D eigenvalue weighted by atomic mass is 9.78. The molecule has 1 heterocycles. The highest BCUT2D eigenvalue weighted by Gasteiger charge is 2.33. The van der Waals surface area contributed by atoms with E-state index in [4.69, 9.17) is 0 Å². The third-order valence-electron chi connectivity index (χ3n) is 4.74. The Bertz CT molecular complexity index is 362. The summed E-state index contributed by atoms with van der Waals surface area (Å²) in [5.74, 6) is 0.725. The Morgan fingerprint density at radius 1 is 1.42 bits per heavy atom. The first-order valence-electron chi connectivity index (χ1n) is 7.44. The minimum atomic E-state index is -0.690. The first kappa shape index (κ1) is 14.5. The van der Waals surface area contributed by atoms with Crippen molar-refractivity contribution in [1.82, 2.24) is 10.6 Å². The molecule has 1 saturated carbocycles. The molecular formula is C15H26N2O2. The molecule has 1 amide bonds. The van der Waals surface area contributed by atoms with Gasteiger partial charge >= 0.3 is 0 Å². The lowest BCUT2D eigenvalue weighted by molar-refractivity contribution is -0.119. The first-order valence-corrected chi connectivity index (χ1v) is 7.44. The van der Waals surface area contributed by atoms with E-state index >= 15 is 0 Å². The molecule has 1 aliphatic carbocycles. The SMILES string of the molecule is CCC1CCC(O)(CNC(=O)C(C)=C2CNC2)CC1. The molecule has 1 aliphatic heterocycles. The largest absolute Gasteiger partial charge is 0.388 e. The second-order valence-corrected chi connectivity index (χ2v) is 6.09. The van der Waals surface area contributed by atoms with Crippen LogP contribution in [0.1, 0.15) is 46.0 Å². The van der Waals surface area contributed by atoms with Gasteiger partial charge < -0.3 is 15.7 Å². The molecule has 1 saturated heterocycles. The van der Waals surface area contributed by atoms with Gasteiger partial charge in [0.05, 0.1) is 5.60 Å². The summed E-state index contributed by atoms with van der Waals surface area (Å²) in [5.41, 5.74) is 1.30. The number of nitrogens with one attached hydrogen (secondary N) is 2. The molecule has 0 aromatic rings. The first-order chi connectivity index (χ1) is 9.04. The van der Waals surface area contributed by atoms with Crippen molar-refractivity contribution in [2.24, 2.45) is 5.92 Å². The zero-order valence-electron chi connectivity index (χ0n) is 12.1. The Balaban J connectivity index is 1.80. The van der Waals surface area contributed by atoms with E-state index in [-0.39, 0.29) is 5.91 Å². The van der Waals surface area contributed by atoms with Crippen LogP contribution in [0, 0.1) is 5.92 Å². The van der Waals surface area contributed by atoms with Crippen LogP contribution in [0.2, 0.25) is 0 Å². The van der Waals surface area contributed by atoms with Crippen molar-refractivity contribution >= 4 is 5.91 Å². The van der Waals surface area contributed by atoms with Crippen molar-refractivity contribution < 1.29 is 9.90 Å². The van der Waals surface area contributed by atoms with Crippen LogP contribution in [0.4, 0.5) is 0 Å². The predicted octanol–water partition coefficient (Wildman–Crippen LogP) is 1.35. The molecule has 4 heteroatoms. The van der Waals surface area contributed by atoms with Crippen LogP contribution in [0.5, 0.6) is 0 Å². The Morgan fingerprint density at radius 2 is 2.05 bits per heavy atom. The van der Waals surface area contributed by atoms with E-state index in [0.717, 1.165) is 50.3 Å². The quantitative estimate of drug-likeness (QED) is 0.673. The van der Waals surface area contributed by atoms with Crippen LogP contribution in [0.25, 0.3) is 0 Å². The van der Waals surface area contributed by atoms with Gasteiger partial charge in [-0.1, -0.05) is 13.3 Å². The number of hydrogen-bond donors (Lipinski definition) is 3. The molecule has 0 bridgehead atoms. The standard InChI is InChI=1S/C15H26N2O2/c1-3-12-4-6-15(19,7-5-12)10-17-14(18)11(2)13-8-16-9-13/h12,16,19H,3-10H2,1-2H3,(H,17,18). The Morgan fingerprint density at radius 3 is 2.53 bits per heavy atom. The molecule has 2 fully saturated rings. The average molecular weight is 266 g/mol. The monoisotopic (exact) mass is 266 g/mol. The van der Waals surface area contributed by atoms with E-state index in [2.05, 4.69) is 17.6 Å². The molecule has 3 N–H and O–H groups in total. The van der Waals surface area contributed by atoms with E-state index in [1.54, 1.807) is 0 Å². The van der Waals surface area contributed by atoms with Gasteiger partial charge in [-0.15, -0.1) is 0 Å². The second-order valence-electron chi connectivity index (χ2n) is 6.09. The van der Waals surface area contributed by atoms with E-state index < -0.39 is 5.60 Å². The Labute approximate surface area is 115 Å². The molecule has 2 aliphatic rings. The van der Waals surface area contributed by atoms with Crippen molar-refractivity contribution in [2.75, 3.05) is 19.6 Å². The highest BCUT2D eigenvalue weighted by Crippen LogP contribution is 2.33. The van der Waals surface area contributed by atoms with Gasteiger partial charge in [-0.2, -0.15) is 0 Å². The Kier molecular flexibility index (Phi) is 4.63. The summed E-state index contributed by atoms with van der Waals surface area (Å²) in [5, 5.41) is 16.5. The van der Waals surface area contributed by atoms with Gasteiger partial charge in [0.1, 0.15) is 0 Å². The van der Waals surface area contributed by atoms with Crippen molar-refractivity contribution in [1.29, 1.82) is 0 Å². The zero-order valence-corrected chi connectivity index (χ0v) is 12.1. The highest BCUT2D eigenvalue weighted by molar-refractivity contribution is 5.94. The summed E-state index contributed by atoms with van der Waals surface area (Å²) < 4.78 is 0. The number of carbonyl (C=O) groups is 1. The molecule has 4 nitrogen and oxygen atoms in total. The molecule has 0 unspecified atom stereocenters. The van der Waals surface area contributed by atoms with Gasteiger partial charge in [0, 0.05) is 25.2 Å². The van der Waals surface area contributed by atoms with Crippen molar-refractivity contribution in [3.63, 3.8) is 0 Å². The summed E-state index contributed by atoms with van der Waals surface area (Å²) in [4.78, 5) is 12.0. The molecule has 19 heavy (non-hydrogen) atoms.